The van der Waals surface area contributed by atoms with Crippen LogP contribution in [0.4, 0.5) is 4.39 Å². The van der Waals surface area contributed by atoms with Gasteiger partial charge in [-0.05, 0) is 42.6 Å². The van der Waals surface area contributed by atoms with Gasteiger partial charge in [-0.1, -0.05) is 6.07 Å². The van der Waals surface area contributed by atoms with E-state index >= 15 is 0 Å². The molecule has 29 heavy (non-hydrogen) atoms. The van der Waals surface area contributed by atoms with Gasteiger partial charge in [-0.25, -0.2) is 17.5 Å². The van der Waals surface area contributed by atoms with Gasteiger partial charge in [0.05, 0.1) is 13.1 Å². The smallest absolute Gasteiger partial charge is 0.250 e. The summed E-state index contributed by atoms with van der Waals surface area (Å²) in [5.74, 6) is 0.945. The second kappa shape index (κ2) is 13.0. The average molecular weight is 556 g/mol. The van der Waals surface area contributed by atoms with Gasteiger partial charge in [-0.3, -0.25) is 4.99 Å². The van der Waals surface area contributed by atoms with Crippen LogP contribution in [0.1, 0.15) is 6.92 Å². The van der Waals surface area contributed by atoms with E-state index in [1.807, 2.05) is 18.9 Å². The predicted octanol–water partition coefficient (Wildman–Crippen LogP) is 2.76. The SMILES string of the molecule is CCNC(=NCCNS(=O)(=O)c1cccs1)N(C)CCOc1ccc(F)cc1.I. The topological polar surface area (TPSA) is 83.0 Å². The van der Waals surface area contributed by atoms with E-state index in [4.69, 9.17) is 4.74 Å². The number of aliphatic imine (C=N–C) groups is 1. The molecule has 1 heterocycles. The van der Waals surface area contributed by atoms with Crippen LogP contribution in [-0.4, -0.2) is 59.1 Å². The molecular formula is C18H26FIN4O3S2. The van der Waals surface area contributed by atoms with Crippen LogP contribution >= 0.6 is 35.3 Å². The van der Waals surface area contributed by atoms with Gasteiger partial charge < -0.3 is 15.0 Å². The number of likely N-dealkylation sites (N-methyl/N-ethyl adjacent to an activating group) is 1. The molecule has 0 unspecified atom stereocenters. The Morgan fingerprint density at radius 1 is 1.28 bits per heavy atom. The number of sulfonamides is 1. The molecule has 2 aromatic rings. The van der Waals surface area contributed by atoms with Crippen molar-refractivity contribution in [1.82, 2.24) is 14.9 Å². The van der Waals surface area contributed by atoms with Crippen LogP contribution in [0.25, 0.3) is 0 Å². The monoisotopic (exact) mass is 556 g/mol. The minimum atomic E-state index is -3.48. The van der Waals surface area contributed by atoms with E-state index in [2.05, 4.69) is 15.0 Å². The normalized spacial score (nSPS) is 11.6. The summed E-state index contributed by atoms with van der Waals surface area (Å²) in [5, 5.41) is 4.88. The van der Waals surface area contributed by atoms with E-state index in [9.17, 15) is 12.8 Å². The standard InChI is InChI=1S/C18H25FN4O3S2.HI/c1-3-20-18(21-10-11-22-28(24,25)17-5-4-14-27-17)23(2)12-13-26-16-8-6-15(19)7-9-16;/h4-9,14,22H,3,10-13H2,1-2H3,(H,20,21);1H. The Morgan fingerprint density at radius 2 is 2.00 bits per heavy atom. The van der Waals surface area contributed by atoms with Gasteiger partial charge in [0.1, 0.15) is 22.4 Å². The Bertz CT molecular complexity index is 847. The van der Waals surface area contributed by atoms with Crippen molar-refractivity contribution in [3.63, 3.8) is 0 Å². The number of hydrogen-bond donors (Lipinski definition) is 2. The van der Waals surface area contributed by atoms with Crippen molar-refractivity contribution in [2.45, 2.75) is 11.1 Å². The van der Waals surface area contributed by atoms with E-state index in [1.165, 1.54) is 23.5 Å². The molecule has 2 rings (SSSR count). The zero-order valence-corrected chi connectivity index (χ0v) is 20.3. The van der Waals surface area contributed by atoms with Crippen molar-refractivity contribution in [3.8, 4) is 5.75 Å². The lowest BCUT2D eigenvalue weighted by molar-refractivity contribution is 0.281. The Hall–Kier alpha value is -1.44. The summed E-state index contributed by atoms with van der Waals surface area (Å²) in [5.41, 5.74) is 0. The molecule has 0 spiro atoms. The highest BCUT2D eigenvalue weighted by molar-refractivity contribution is 14.0. The Morgan fingerprint density at radius 3 is 2.62 bits per heavy atom. The minimum absolute atomic E-state index is 0. The van der Waals surface area contributed by atoms with Crippen molar-refractivity contribution in [2.24, 2.45) is 4.99 Å². The Labute approximate surface area is 192 Å². The molecule has 0 saturated carbocycles. The highest BCUT2D eigenvalue weighted by atomic mass is 127. The first kappa shape index (κ1) is 25.6. The number of hydrogen-bond acceptors (Lipinski definition) is 5. The molecule has 0 fully saturated rings. The third-order valence-corrected chi connectivity index (χ3v) is 6.49. The summed E-state index contributed by atoms with van der Waals surface area (Å²) in [6.45, 7) is 4.10. The van der Waals surface area contributed by atoms with Crippen LogP contribution < -0.4 is 14.8 Å². The molecule has 0 radical (unpaired) electrons. The molecule has 0 aliphatic rings. The number of rotatable bonds is 10. The maximum absolute atomic E-state index is 12.9. The second-order valence-corrected chi connectivity index (χ2v) is 8.73. The number of nitrogens with zero attached hydrogens (tertiary/aromatic N) is 2. The first-order valence-corrected chi connectivity index (χ1v) is 11.2. The number of ether oxygens (including phenoxy) is 1. The second-order valence-electron chi connectivity index (χ2n) is 5.79. The summed E-state index contributed by atoms with van der Waals surface area (Å²) in [7, 11) is -1.61. The lowest BCUT2D eigenvalue weighted by Crippen LogP contribution is -2.41. The molecule has 0 aliphatic heterocycles. The Kier molecular flexibility index (Phi) is 11.5. The summed E-state index contributed by atoms with van der Waals surface area (Å²) in [4.78, 5) is 6.33. The molecule has 0 aliphatic carbocycles. The fourth-order valence-electron chi connectivity index (χ4n) is 2.24. The van der Waals surface area contributed by atoms with Gasteiger partial charge in [0.25, 0.3) is 0 Å². The fraction of sp³-hybridized carbons (Fsp3) is 0.389. The van der Waals surface area contributed by atoms with Crippen molar-refractivity contribution < 1.29 is 17.5 Å². The lowest BCUT2D eigenvalue weighted by atomic mass is 10.3. The minimum Gasteiger partial charge on any atom is -0.492 e. The number of benzene rings is 1. The molecule has 11 heteroatoms. The van der Waals surface area contributed by atoms with Crippen LogP contribution in [-0.2, 0) is 10.0 Å². The number of halogens is 2. The van der Waals surface area contributed by atoms with E-state index in [-0.39, 0.29) is 36.3 Å². The fourth-order valence-corrected chi connectivity index (χ4v) is 4.29. The molecular weight excluding hydrogens is 530 g/mol. The summed E-state index contributed by atoms with van der Waals surface area (Å²) >= 11 is 1.17. The number of nitrogens with one attached hydrogen (secondary N) is 2. The summed E-state index contributed by atoms with van der Waals surface area (Å²) < 4.78 is 45.5. The largest absolute Gasteiger partial charge is 0.492 e. The van der Waals surface area contributed by atoms with Gasteiger partial charge in [0, 0.05) is 20.1 Å². The highest BCUT2D eigenvalue weighted by Crippen LogP contribution is 2.14. The third-order valence-electron chi connectivity index (χ3n) is 3.63. The average Bonchev–Trinajstić information content (AvgIpc) is 3.21. The molecule has 0 atom stereocenters. The first-order valence-electron chi connectivity index (χ1n) is 8.83. The van der Waals surface area contributed by atoms with Crippen LogP contribution in [0.5, 0.6) is 5.75 Å². The quantitative estimate of drug-likeness (QED) is 0.204. The summed E-state index contributed by atoms with van der Waals surface area (Å²) in [6.07, 6.45) is 0. The van der Waals surface area contributed by atoms with Crippen LogP contribution in [0.2, 0.25) is 0 Å². The maximum atomic E-state index is 12.9. The predicted molar refractivity (Wildman–Crippen MR) is 125 cm³/mol. The van der Waals surface area contributed by atoms with Gasteiger partial charge in [0.15, 0.2) is 5.96 Å². The molecule has 1 aromatic carbocycles. The highest BCUT2D eigenvalue weighted by Gasteiger charge is 2.14. The van der Waals surface area contributed by atoms with Crippen LogP contribution in [0, 0.1) is 5.82 Å². The van der Waals surface area contributed by atoms with Crippen molar-refractivity contribution in [2.75, 3.05) is 39.8 Å². The molecule has 162 valence electrons. The number of guanidine groups is 1. The van der Waals surface area contributed by atoms with Crippen LogP contribution in [0.15, 0.2) is 51.0 Å². The molecule has 0 saturated heterocycles. The van der Waals surface area contributed by atoms with E-state index < -0.39 is 10.0 Å². The first-order chi connectivity index (χ1) is 13.4. The van der Waals surface area contributed by atoms with E-state index in [1.54, 1.807) is 29.6 Å². The molecule has 0 bridgehead atoms. The molecule has 2 N–H and O–H groups in total. The molecule has 1 aromatic heterocycles. The zero-order valence-electron chi connectivity index (χ0n) is 16.3. The van der Waals surface area contributed by atoms with Crippen molar-refractivity contribution in [1.29, 1.82) is 0 Å². The van der Waals surface area contributed by atoms with Crippen molar-refractivity contribution >= 4 is 51.3 Å². The third kappa shape index (κ3) is 8.84. The summed E-state index contributed by atoms with van der Waals surface area (Å²) in [6, 6.07) is 9.12. The van der Waals surface area contributed by atoms with Crippen LogP contribution in [0.3, 0.4) is 0 Å². The van der Waals surface area contributed by atoms with Crippen molar-refractivity contribution in [3.05, 3.63) is 47.6 Å². The van der Waals surface area contributed by atoms with E-state index in [0.29, 0.717) is 42.2 Å². The lowest BCUT2D eigenvalue weighted by Gasteiger charge is -2.22. The van der Waals surface area contributed by atoms with Gasteiger partial charge in [-0.15, -0.1) is 35.3 Å². The van der Waals surface area contributed by atoms with Gasteiger partial charge in [-0.2, -0.15) is 0 Å². The van der Waals surface area contributed by atoms with Gasteiger partial charge >= 0.3 is 0 Å². The zero-order chi connectivity index (χ0) is 20.4. The Balaban J connectivity index is 0.00000420. The molecule has 7 nitrogen and oxygen atoms in total. The number of thiophene rings is 1. The molecule has 0 amide bonds. The van der Waals surface area contributed by atoms with E-state index in [0.717, 1.165) is 0 Å². The maximum Gasteiger partial charge on any atom is 0.250 e. The van der Waals surface area contributed by atoms with Gasteiger partial charge in [0.2, 0.25) is 10.0 Å².